The molecule has 0 aliphatic carbocycles. The van der Waals surface area contributed by atoms with Crippen molar-refractivity contribution in [3.05, 3.63) is 52.6 Å². The van der Waals surface area contributed by atoms with E-state index in [-0.39, 0.29) is 5.91 Å². The molecule has 0 fully saturated rings. The summed E-state index contributed by atoms with van der Waals surface area (Å²) in [5, 5.41) is 3.02. The van der Waals surface area contributed by atoms with Crippen molar-refractivity contribution in [2.45, 2.75) is 40.5 Å². The molecular weight excluding hydrogens is 262 g/mol. The summed E-state index contributed by atoms with van der Waals surface area (Å²) in [6, 6.07) is 7.84. The Kier molecular flexibility index (Phi) is 4.68. The number of benzene rings is 1. The minimum Gasteiger partial charge on any atom is -0.320 e. The van der Waals surface area contributed by atoms with Crippen molar-refractivity contribution in [1.82, 2.24) is 9.97 Å². The van der Waals surface area contributed by atoms with Crippen LogP contribution in [0.2, 0.25) is 0 Å². The molecule has 2 aromatic rings. The Morgan fingerprint density at radius 3 is 2.24 bits per heavy atom. The number of nitrogens with zero attached hydrogens (tertiary/aromatic N) is 2. The van der Waals surface area contributed by atoms with Crippen molar-refractivity contribution < 1.29 is 4.79 Å². The van der Waals surface area contributed by atoms with Gasteiger partial charge in [-0.2, -0.15) is 0 Å². The van der Waals surface area contributed by atoms with E-state index in [1.54, 1.807) is 13.0 Å². The van der Waals surface area contributed by atoms with E-state index in [2.05, 4.69) is 29.1 Å². The minimum absolute atomic E-state index is 0.181. The van der Waals surface area contributed by atoms with Crippen LogP contribution >= 0.6 is 0 Å². The fraction of sp³-hybridized carbons (Fsp3) is 0.353. The van der Waals surface area contributed by atoms with Crippen LogP contribution in [0.4, 0.5) is 5.69 Å². The Morgan fingerprint density at radius 2 is 1.71 bits per heavy atom. The fourth-order valence-electron chi connectivity index (χ4n) is 2.41. The second-order valence-corrected chi connectivity index (χ2v) is 5.05. The van der Waals surface area contributed by atoms with E-state index >= 15 is 0 Å². The molecule has 1 heterocycles. The Balaban J connectivity index is 2.35. The van der Waals surface area contributed by atoms with Gasteiger partial charge < -0.3 is 5.32 Å². The second-order valence-electron chi connectivity index (χ2n) is 5.05. The summed E-state index contributed by atoms with van der Waals surface area (Å²) in [5.41, 5.74) is 4.41. The number of carbonyl (C=O) groups is 1. The topological polar surface area (TPSA) is 54.9 Å². The van der Waals surface area contributed by atoms with Gasteiger partial charge in [0.1, 0.15) is 11.5 Å². The molecule has 0 bridgehead atoms. The number of anilines is 1. The maximum Gasteiger partial charge on any atom is 0.274 e. The third-order valence-corrected chi connectivity index (χ3v) is 3.44. The zero-order chi connectivity index (χ0) is 15.4. The predicted molar refractivity (Wildman–Crippen MR) is 84.7 cm³/mol. The number of hydrogen-bond donors (Lipinski definition) is 1. The lowest BCUT2D eigenvalue weighted by molar-refractivity contribution is 0.102. The van der Waals surface area contributed by atoms with Crippen LogP contribution in [0.1, 0.15) is 47.0 Å². The van der Waals surface area contributed by atoms with Crippen LogP contribution in [-0.4, -0.2) is 15.9 Å². The van der Waals surface area contributed by atoms with Crippen LogP contribution in [0.25, 0.3) is 0 Å². The maximum absolute atomic E-state index is 12.5. The van der Waals surface area contributed by atoms with E-state index < -0.39 is 0 Å². The van der Waals surface area contributed by atoms with Crippen molar-refractivity contribution in [2.24, 2.45) is 0 Å². The van der Waals surface area contributed by atoms with E-state index in [0.29, 0.717) is 11.5 Å². The zero-order valence-electron chi connectivity index (χ0n) is 13.0. The first-order chi connectivity index (χ1) is 10.0. The third-order valence-electron chi connectivity index (χ3n) is 3.44. The van der Waals surface area contributed by atoms with Crippen LogP contribution in [0.3, 0.4) is 0 Å². The summed E-state index contributed by atoms with van der Waals surface area (Å²) in [6.45, 7) is 7.83. The molecule has 0 atom stereocenters. The number of rotatable bonds is 4. The second kappa shape index (κ2) is 6.48. The highest BCUT2D eigenvalue weighted by Crippen LogP contribution is 2.23. The Morgan fingerprint density at radius 1 is 1.10 bits per heavy atom. The highest BCUT2D eigenvalue weighted by atomic mass is 16.1. The summed E-state index contributed by atoms with van der Waals surface area (Å²) in [4.78, 5) is 20.9. The molecule has 0 saturated carbocycles. The van der Waals surface area contributed by atoms with E-state index in [0.717, 1.165) is 35.3 Å². The van der Waals surface area contributed by atoms with Gasteiger partial charge in [-0.05, 0) is 43.9 Å². The van der Waals surface area contributed by atoms with Crippen LogP contribution in [0, 0.1) is 13.8 Å². The molecule has 0 aliphatic rings. The van der Waals surface area contributed by atoms with E-state index in [1.807, 2.05) is 25.1 Å². The number of hydrogen-bond acceptors (Lipinski definition) is 3. The fourth-order valence-corrected chi connectivity index (χ4v) is 2.41. The zero-order valence-corrected chi connectivity index (χ0v) is 13.0. The van der Waals surface area contributed by atoms with Gasteiger partial charge in [0.05, 0.1) is 0 Å². The van der Waals surface area contributed by atoms with Crippen LogP contribution in [-0.2, 0) is 12.8 Å². The predicted octanol–water partition coefficient (Wildman–Crippen LogP) is 3.47. The number of carbonyl (C=O) groups excluding carboxylic acids is 1. The van der Waals surface area contributed by atoms with E-state index in [1.165, 1.54) is 0 Å². The van der Waals surface area contributed by atoms with Crippen LogP contribution in [0.15, 0.2) is 24.3 Å². The van der Waals surface area contributed by atoms with Crippen molar-refractivity contribution in [1.29, 1.82) is 0 Å². The molecule has 21 heavy (non-hydrogen) atoms. The SMILES string of the molecule is CCc1cccc(CC)c1NC(=O)c1cc(C)nc(C)n1. The quantitative estimate of drug-likeness (QED) is 0.934. The smallest absolute Gasteiger partial charge is 0.274 e. The van der Waals surface area contributed by atoms with Gasteiger partial charge in [-0.3, -0.25) is 4.79 Å². The molecule has 1 N–H and O–H groups in total. The number of aryl methyl sites for hydroxylation is 4. The molecule has 4 nitrogen and oxygen atoms in total. The molecule has 1 aromatic carbocycles. The van der Waals surface area contributed by atoms with Gasteiger partial charge in [0.2, 0.25) is 0 Å². The monoisotopic (exact) mass is 283 g/mol. The van der Waals surface area contributed by atoms with Crippen molar-refractivity contribution >= 4 is 11.6 Å². The van der Waals surface area contributed by atoms with Crippen molar-refractivity contribution in [3.8, 4) is 0 Å². The summed E-state index contributed by atoms with van der Waals surface area (Å²) >= 11 is 0. The third kappa shape index (κ3) is 3.45. The van der Waals surface area contributed by atoms with Crippen LogP contribution < -0.4 is 5.32 Å². The lowest BCUT2D eigenvalue weighted by Gasteiger charge is -2.14. The summed E-state index contributed by atoms with van der Waals surface area (Å²) in [6.07, 6.45) is 1.76. The highest BCUT2D eigenvalue weighted by molar-refractivity contribution is 6.03. The Labute approximate surface area is 125 Å². The summed E-state index contributed by atoms with van der Waals surface area (Å²) in [7, 11) is 0. The van der Waals surface area contributed by atoms with Gasteiger partial charge in [0.25, 0.3) is 5.91 Å². The normalized spacial score (nSPS) is 10.5. The highest BCUT2D eigenvalue weighted by Gasteiger charge is 2.13. The molecule has 1 aromatic heterocycles. The Hall–Kier alpha value is -2.23. The number of para-hydroxylation sites is 1. The molecular formula is C17H21N3O. The van der Waals surface area contributed by atoms with Gasteiger partial charge in [-0.25, -0.2) is 9.97 Å². The molecule has 0 aliphatic heterocycles. The minimum atomic E-state index is -0.181. The van der Waals surface area contributed by atoms with Crippen LogP contribution in [0.5, 0.6) is 0 Å². The average molecular weight is 283 g/mol. The standard InChI is InChI=1S/C17H21N3O/c1-5-13-8-7-9-14(6-2)16(13)20-17(21)15-10-11(3)18-12(4)19-15/h7-10H,5-6H2,1-4H3,(H,20,21). The molecule has 4 heteroatoms. The van der Waals surface area contributed by atoms with Gasteiger partial charge in [-0.15, -0.1) is 0 Å². The van der Waals surface area contributed by atoms with E-state index in [9.17, 15) is 4.79 Å². The first-order valence-corrected chi connectivity index (χ1v) is 7.29. The molecule has 1 amide bonds. The first-order valence-electron chi connectivity index (χ1n) is 7.29. The van der Waals surface area contributed by atoms with Gasteiger partial charge in [0.15, 0.2) is 0 Å². The largest absolute Gasteiger partial charge is 0.320 e. The Bertz CT molecular complexity index is 623. The van der Waals surface area contributed by atoms with Gasteiger partial charge >= 0.3 is 0 Å². The molecule has 0 radical (unpaired) electrons. The molecule has 0 spiro atoms. The number of amides is 1. The summed E-state index contributed by atoms with van der Waals surface area (Å²) < 4.78 is 0. The van der Waals surface area contributed by atoms with Crippen molar-refractivity contribution in [3.63, 3.8) is 0 Å². The lowest BCUT2D eigenvalue weighted by atomic mass is 10.0. The number of aromatic nitrogens is 2. The molecule has 2 rings (SSSR count). The van der Waals surface area contributed by atoms with Gasteiger partial charge in [-0.1, -0.05) is 32.0 Å². The molecule has 0 saturated heterocycles. The summed E-state index contributed by atoms with van der Waals surface area (Å²) in [5.74, 6) is 0.429. The molecule has 0 unspecified atom stereocenters. The molecule has 110 valence electrons. The first kappa shape index (κ1) is 15.2. The average Bonchev–Trinajstić information content (AvgIpc) is 2.46. The van der Waals surface area contributed by atoms with Crippen molar-refractivity contribution in [2.75, 3.05) is 5.32 Å². The van der Waals surface area contributed by atoms with Gasteiger partial charge in [0, 0.05) is 11.4 Å². The van der Waals surface area contributed by atoms with E-state index in [4.69, 9.17) is 0 Å². The maximum atomic E-state index is 12.5. The number of nitrogens with one attached hydrogen (secondary N) is 1. The lowest BCUT2D eigenvalue weighted by Crippen LogP contribution is -2.17.